The van der Waals surface area contributed by atoms with E-state index in [2.05, 4.69) is 51.7 Å². The lowest BCUT2D eigenvalue weighted by Crippen LogP contribution is -2.31. The van der Waals surface area contributed by atoms with Gasteiger partial charge in [-0.05, 0) is 40.4 Å². The second-order valence-electron chi connectivity index (χ2n) is 6.57. The van der Waals surface area contributed by atoms with Crippen molar-refractivity contribution in [2.24, 2.45) is 22.5 Å². The summed E-state index contributed by atoms with van der Waals surface area (Å²) in [6.07, 6.45) is 3.70. The lowest BCUT2D eigenvalue weighted by atomic mass is 9.88. The molecule has 1 aliphatic rings. The van der Waals surface area contributed by atoms with Crippen LogP contribution >= 0.6 is 0 Å². The van der Waals surface area contributed by atoms with Crippen LogP contribution in [0.15, 0.2) is 24.5 Å². The maximum Gasteiger partial charge on any atom is 0.0270 e. The fourth-order valence-electron chi connectivity index (χ4n) is 3.39. The van der Waals surface area contributed by atoms with Crippen molar-refractivity contribution in [3.05, 3.63) is 30.1 Å². The average molecular weight is 232 g/mol. The molecule has 1 fully saturated rings. The Balaban J connectivity index is 2.15. The smallest absolute Gasteiger partial charge is 0.0270 e. The molecule has 0 saturated heterocycles. The largest absolute Gasteiger partial charge is 0.327 e. The minimum Gasteiger partial charge on any atom is -0.327 e. The van der Waals surface area contributed by atoms with Crippen LogP contribution in [0.2, 0.25) is 0 Å². The Morgan fingerprint density at radius 2 is 1.59 bits per heavy atom. The molecule has 0 aromatic carbocycles. The first-order valence-corrected chi connectivity index (χ1v) is 6.45. The SMILES string of the molecule is CC(c1ccncc1)C(N)C1C(C)(C)C1(C)C. The number of hydrogen-bond acceptors (Lipinski definition) is 2. The topological polar surface area (TPSA) is 38.9 Å². The maximum absolute atomic E-state index is 6.49. The summed E-state index contributed by atoms with van der Waals surface area (Å²) in [6, 6.07) is 4.38. The molecule has 0 aliphatic heterocycles. The van der Waals surface area contributed by atoms with E-state index in [1.165, 1.54) is 5.56 Å². The van der Waals surface area contributed by atoms with Gasteiger partial charge in [-0.15, -0.1) is 0 Å². The minimum atomic E-state index is 0.224. The van der Waals surface area contributed by atoms with Crippen molar-refractivity contribution in [3.8, 4) is 0 Å². The van der Waals surface area contributed by atoms with Crippen LogP contribution < -0.4 is 5.73 Å². The third-order valence-electron chi connectivity index (χ3n) is 5.33. The molecule has 0 spiro atoms. The predicted molar refractivity (Wildman–Crippen MR) is 71.7 cm³/mol. The van der Waals surface area contributed by atoms with E-state index in [0.717, 1.165) is 0 Å². The van der Waals surface area contributed by atoms with Crippen molar-refractivity contribution in [3.63, 3.8) is 0 Å². The molecular weight excluding hydrogens is 208 g/mol. The summed E-state index contributed by atoms with van der Waals surface area (Å²) in [7, 11) is 0. The minimum absolute atomic E-state index is 0.224. The number of rotatable bonds is 3. The number of hydrogen-bond donors (Lipinski definition) is 1. The molecule has 2 atom stereocenters. The van der Waals surface area contributed by atoms with Crippen LogP contribution in [0.3, 0.4) is 0 Å². The van der Waals surface area contributed by atoms with Crippen molar-refractivity contribution in [1.29, 1.82) is 0 Å². The molecule has 0 amide bonds. The maximum atomic E-state index is 6.49. The van der Waals surface area contributed by atoms with E-state index in [-0.39, 0.29) is 6.04 Å². The van der Waals surface area contributed by atoms with E-state index in [1.54, 1.807) is 0 Å². The van der Waals surface area contributed by atoms with Gasteiger partial charge in [0.1, 0.15) is 0 Å². The fraction of sp³-hybridized carbons (Fsp3) is 0.667. The highest BCUT2D eigenvalue weighted by atomic mass is 14.8. The third-order valence-corrected chi connectivity index (χ3v) is 5.33. The van der Waals surface area contributed by atoms with Crippen LogP contribution in [0.1, 0.15) is 46.1 Å². The Bertz CT molecular complexity index is 381. The molecule has 1 aromatic heterocycles. The van der Waals surface area contributed by atoms with Gasteiger partial charge >= 0.3 is 0 Å². The number of nitrogens with two attached hydrogens (primary N) is 1. The van der Waals surface area contributed by atoms with Crippen molar-refractivity contribution < 1.29 is 0 Å². The second-order valence-corrected chi connectivity index (χ2v) is 6.57. The quantitative estimate of drug-likeness (QED) is 0.869. The van der Waals surface area contributed by atoms with Gasteiger partial charge < -0.3 is 5.73 Å². The van der Waals surface area contributed by atoms with Gasteiger partial charge in [0.2, 0.25) is 0 Å². The van der Waals surface area contributed by atoms with Gasteiger partial charge in [-0.2, -0.15) is 0 Å². The molecule has 2 rings (SSSR count). The Hall–Kier alpha value is -0.890. The van der Waals surface area contributed by atoms with E-state index in [4.69, 9.17) is 5.73 Å². The summed E-state index contributed by atoms with van der Waals surface area (Å²) in [5, 5.41) is 0. The van der Waals surface area contributed by atoms with E-state index < -0.39 is 0 Å². The summed E-state index contributed by atoms with van der Waals surface area (Å²) in [4.78, 5) is 4.06. The molecule has 1 heterocycles. The third kappa shape index (κ3) is 1.79. The number of nitrogens with zero attached hydrogens (tertiary/aromatic N) is 1. The lowest BCUT2D eigenvalue weighted by molar-refractivity contribution is 0.430. The summed E-state index contributed by atoms with van der Waals surface area (Å²) in [6.45, 7) is 11.5. The van der Waals surface area contributed by atoms with Gasteiger partial charge in [-0.25, -0.2) is 0 Å². The molecule has 17 heavy (non-hydrogen) atoms. The average Bonchev–Trinajstić information content (AvgIpc) is 2.69. The molecule has 1 aliphatic carbocycles. The molecule has 94 valence electrons. The molecular formula is C15H24N2. The van der Waals surface area contributed by atoms with Crippen LogP contribution in [0.25, 0.3) is 0 Å². The summed E-state index contributed by atoms with van der Waals surface area (Å²) >= 11 is 0. The van der Waals surface area contributed by atoms with Gasteiger partial charge in [0, 0.05) is 18.4 Å². The van der Waals surface area contributed by atoms with Crippen LogP contribution in [0.4, 0.5) is 0 Å². The summed E-state index contributed by atoms with van der Waals surface area (Å²) < 4.78 is 0. The molecule has 1 aromatic rings. The summed E-state index contributed by atoms with van der Waals surface area (Å²) in [5.74, 6) is 0.988. The summed E-state index contributed by atoms with van der Waals surface area (Å²) in [5.41, 5.74) is 8.49. The Labute approximate surface area is 105 Å². The second kappa shape index (κ2) is 3.81. The standard InChI is InChI=1S/C15H24N2/c1-10(11-6-8-17-9-7-11)12(16)13-14(2,3)15(13,4)5/h6-10,12-13H,16H2,1-5H3. The lowest BCUT2D eigenvalue weighted by Gasteiger charge is -2.22. The highest BCUT2D eigenvalue weighted by Gasteiger charge is 2.66. The highest BCUT2D eigenvalue weighted by Crippen LogP contribution is 2.70. The van der Waals surface area contributed by atoms with Crippen LogP contribution in [-0.4, -0.2) is 11.0 Å². The van der Waals surface area contributed by atoms with E-state index >= 15 is 0 Å². The van der Waals surface area contributed by atoms with Crippen LogP contribution in [0, 0.1) is 16.7 Å². The Morgan fingerprint density at radius 1 is 1.12 bits per heavy atom. The van der Waals surface area contributed by atoms with Gasteiger partial charge in [-0.1, -0.05) is 34.6 Å². The molecule has 2 nitrogen and oxygen atoms in total. The first-order valence-electron chi connectivity index (χ1n) is 6.45. The monoisotopic (exact) mass is 232 g/mol. The number of aromatic nitrogens is 1. The molecule has 0 bridgehead atoms. The van der Waals surface area contributed by atoms with Crippen molar-refractivity contribution in [2.45, 2.75) is 46.6 Å². The molecule has 2 heteroatoms. The van der Waals surface area contributed by atoms with Gasteiger partial charge in [-0.3, -0.25) is 4.98 Å². The first-order chi connectivity index (χ1) is 7.80. The predicted octanol–water partition coefficient (Wildman–Crippen LogP) is 3.19. The molecule has 2 N–H and O–H groups in total. The molecule has 1 saturated carbocycles. The molecule has 0 radical (unpaired) electrons. The van der Waals surface area contributed by atoms with Crippen molar-refractivity contribution in [1.82, 2.24) is 4.98 Å². The highest BCUT2D eigenvalue weighted by molar-refractivity contribution is 5.23. The molecule has 2 unspecified atom stereocenters. The zero-order valence-corrected chi connectivity index (χ0v) is 11.6. The van der Waals surface area contributed by atoms with Gasteiger partial charge in [0.05, 0.1) is 0 Å². The zero-order valence-electron chi connectivity index (χ0n) is 11.6. The Kier molecular flexibility index (Phi) is 2.81. The van der Waals surface area contributed by atoms with Gasteiger partial charge in [0.15, 0.2) is 0 Å². The van der Waals surface area contributed by atoms with E-state index in [1.807, 2.05) is 12.4 Å². The van der Waals surface area contributed by atoms with Crippen molar-refractivity contribution in [2.75, 3.05) is 0 Å². The van der Waals surface area contributed by atoms with Crippen LogP contribution in [-0.2, 0) is 0 Å². The van der Waals surface area contributed by atoms with Crippen LogP contribution in [0.5, 0.6) is 0 Å². The zero-order chi connectivity index (χ0) is 12.8. The van der Waals surface area contributed by atoms with Gasteiger partial charge in [0.25, 0.3) is 0 Å². The Morgan fingerprint density at radius 3 is 2.00 bits per heavy atom. The van der Waals surface area contributed by atoms with E-state index in [9.17, 15) is 0 Å². The number of pyridine rings is 1. The normalized spacial score (nSPS) is 25.3. The van der Waals surface area contributed by atoms with E-state index in [0.29, 0.717) is 22.7 Å². The van der Waals surface area contributed by atoms with Crippen molar-refractivity contribution >= 4 is 0 Å². The fourth-order valence-corrected chi connectivity index (χ4v) is 3.39. The first kappa shape index (κ1) is 12.6.